The second kappa shape index (κ2) is 8.31. The molecule has 0 fully saturated rings. The first-order valence-electron chi connectivity index (χ1n) is 10.7. The molecule has 3 aromatic carbocycles. The van der Waals surface area contributed by atoms with Crippen molar-refractivity contribution in [3.63, 3.8) is 0 Å². The SMILES string of the molecule is Cn1c(=O)c(C(=O)C[C@@H](Nc2cccc3ccccc23)c2ccco2)c(O)c2ccccc21. The summed E-state index contributed by atoms with van der Waals surface area (Å²) in [6.07, 6.45) is 1.47. The molecule has 0 aliphatic heterocycles. The summed E-state index contributed by atoms with van der Waals surface area (Å²) in [5.41, 5.74) is 0.665. The van der Waals surface area contributed by atoms with E-state index in [9.17, 15) is 14.7 Å². The maximum atomic E-state index is 13.4. The molecule has 0 aliphatic carbocycles. The van der Waals surface area contributed by atoms with Gasteiger partial charge in [-0.3, -0.25) is 9.59 Å². The summed E-state index contributed by atoms with van der Waals surface area (Å²) in [5, 5.41) is 16.8. The van der Waals surface area contributed by atoms with E-state index < -0.39 is 17.4 Å². The van der Waals surface area contributed by atoms with Gasteiger partial charge in [0, 0.05) is 29.9 Å². The van der Waals surface area contributed by atoms with Gasteiger partial charge < -0.3 is 19.4 Å². The van der Waals surface area contributed by atoms with Crippen LogP contribution in [-0.4, -0.2) is 15.5 Å². The fraction of sp³-hybridized carbons (Fsp3) is 0.111. The molecule has 0 saturated heterocycles. The molecule has 0 spiro atoms. The van der Waals surface area contributed by atoms with Crippen molar-refractivity contribution in [1.82, 2.24) is 4.57 Å². The zero-order chi connectivity index (χ0) is 22.9. The van der Waals surface area contributed by atoms with Gasteiger partial charge in [-0.25, -0.2) is 0 Å². The van der Waals surface area contributed by atoms with E-state index in [1.54, 1.807) is 49.7 Å². The minimum Gasteiger partial charge on any atom is -0.506 e. The number of fused-ring (bicyclic) bond motifs is 2. The van der Waals surface area contributed by atoms with Gasteiger partial charge in [0.15, 0.2) is 5.78 Å². The Balaban J connectivity index is 1.55. The third-order valence-electron chi connectivity index (χ3n) is 5.95. The average Bonchev–Trinajstić information content (AvgIpc) is 3.38. The monoisotopic (exact) mass is 438 g/mol. The molecule has 0 unspecified atom stereocenters. The van der Waals surface area contributed by atoms with Crippen molar-refractivity contribution < 1.29 is 14.3 Å². The lowest BCUT2D eigenvalue weighted by Gasteiger charge is -2.19. The van der Waals surface area contributed by atoms with Crippen LogP contribution in [0.3, 0.4) is 0 Å². The fourth-order valence-corrected chi connectivity index (χ4v) is 4.27. The summed E-state index contributed by atoms with van der Waals surface area (Å²) in [6.45, 7) is 0. The Hall–Kier alpha value is -4.32. The number of nitrogens with one attached hydrogen (secondary N) is 1. The average molecular weight is 438 g/mol. The first-order valence-corrected chi connectivity index (χ1v) is 10.7. The summed E-state index contributed by atoms with van der Waals surface area (Å²) in [4.78, 5) is 26.4. The van der Waals surface area contributed by atoms with Gasteiger partial charge >= 0.3 is 0 Å². The molecule has 164 valence electrons. The van der Waals surface area contributed by atoms with Gasteiger partial charge in [0.1, 0.15) is 17.1 Å². The molecule has 5 aromatic rings. The number of anilines is 1. The van der Waals surface area contributed by atoms with Crippen LogP contribution in [0.2, 0.25) is 0 Å². The first-order chi connectivity index (χ1) is 16.0. The van der Waals surface area contributed by atoms with Crippen molar-refractivity contribution >= 4 is 33.1 Å². The smallest absolute Gasteiger partial charge is 0.265 e. The standard InChI is InChI=1S/C27H22N2O4/c1-29-22-13-5-4-11-19(22)26(31)25(27(29)32)23(30)16-21(24-14-7-15-33-24)28-20-12-6-9-17-8-2-3-10-18(17)20/h2-15,21,28,31H,16H2,1H3/t21-/m1/s1. The fourth-order valence-electron chi connectivity index (χ4n) is 4.27. The number of carbonyl (C=O) groups excluding carboxylic acids is 1. The van der Waals surface area contributed by atoms with E-state index in [1.807, 2.05) is 42.5 Å². The van der Waals surface area contributed by atoms with Gasteiger partial charge in [-0.1, -0.05) is 48.5 Å². The molecule has 0 amide bonds. The third-order valence-corrected chi connectivity index (χ3v) is 5.95. The largest absolute Gasteiger partial charge is 0.506 e. The Bertz CT molecular complexity index is 1530. The predicted molar refractivity (Wildman–Crippen MR) is 129 cm³/mol. The van der Waals surface area contributed by atoms with E-state index in [1.165, 1.54) is 4.57 Å². The highest BCUT2D eigenvalue weighted by atomic mass is 16.3. The number of aromatic nitrogens is 1. The molecule has 33 heavy (non-hydrogen) atoms. The molecular formula is C27H22N2O4. The zero-order valence-electron chi connectivity index (χ0n) is 18.0. The van der Waals surface area contributed by atoms with Crippen LogP contribution in [-0.2, 0) is 7.05 Å². The van der Waals surface area contributed by atoms with E-state index in [-0.39, 0.29) is 17.7 Å². The summed E-state index contributed by atoms with van der Waals surface area (Å²) in [7, 11) is 1.60. The molecular weight excluding hydrogens is 416 g/mol. The van der Waals surface area contributed by atoms with Gasteiger partial charge in [-0.05, 0) is 35.7 Å². The van der Waals surface area contributed by atoms with Gasteiger partial charge in [0.25, 0.3) is 5.56 Å². The summed E-state index contributed by atoms with van der Waals surface area (Å²) in [6, 6.07) is 23.8. The van der Waals surface area contributed by atoms with E-state index >= 15 is 0 Å². The number of aromatic hydroxyl groups is 1. The summed E-state index contributed by atoms with van der Waals surface area (Å²) >= 11 is 0. The Morgan fingerprint density at radius 1 is 0.970 bits per heavy atom. The highest BCUT2D eigenvalue weighted by Gasteiger charge is 2.26. The normalized spacial score (nSPS) is 12.2. The van der Waals surface area contributed by atoms with Crippen molar-refractivity contribution in [2.45, 2.75) is 12.5 Å². The lowest BCUT2D eigenvalue weighted by molar-refractivity contribution is 0.0969. The van der Waals surface area contributed by atoms with Crippen LogP contribution in [0.5, 0.6) is 5.75 Å². The van der Waals surface area contributed by atoms with E-state index in [2.05, 4.69) is 5.32 Å². The summed E-state index contributed by atoms with van der Waals surface area (Å²) in [5.74, 6) is -0.191. The number of pyridine rings is 1. The minimum absolute atomic E-state index is 0.0716. The highest BCUT2D eigenvalue weighted by Crippen LogP contribution is 2.32. The van der Waals surface area contributed by atoms with Crippen LogP contribution >= 0.6 is 0 Å². The number of furan rings is 1. The van der Waals surface area contributed by atoms with Crippen molar-refractivity contribution in [2.75, 3.05) is 5.32 Å². The predicted octanol–water partition coefficient (Wildman–Crippen LogP) is 5.42. The van der Waals surface area contributed by atoms with Crippen LogP contribution in [0.4, 0.5) is 5.69 Å². The molecule has 0 saturated carbocycles. The van der Waals surface area contributed by atoms with Crippen molar-refractivity contribution in [3.8, 4) is 5.75 Å². The quantitative estimate of drug-likeness (QED) is 0.346. The zero-order valence-corrected chi connectivity index (χ0v) is 18.0. The van der Waals surface area contributed by atoms with Crippen LogP contribution in [0.15, 0.2) is 94.3 Å². The van der Waals surface area contributed by atoms with Gasteiger partial charge in [-0.2, -0.15) is 0 Å². The van der Waals surface area contributed by atoms with Crippen molar-refractivity contribution in [1.29, 1.82) is 0 Å². The van der Waals surface area contributed by atoms with Gasteiger partial charge in [-0.15, -0.1) is 0 Å². The second-order valence-electron chi connectivity index (χ2n) is 7.97. The topological polar surface area (TPSA) is 84.5 Å². The van der Waals surface area contributed by atoms with Crippen molar-refractivity contribution in [3.05, 3.63) is 107 Å². The maximum Gasteiger partial charge on any atom is 0.265 e. The van der Waals surface area contributed by atoms with Crippen LogP contribution < -0.4 is 10.9 Å². The molecule has 0 aliphatic rings. The molecule has 2 aromatic heterocycles. The second-order valence-corrected chi connectivity index (χ2v) is 7.97. The number of carbonyl (C=O) groups is 1. The number of Topliss-reactive ketones (excluding diaryl/α,β-unsaturated/α-hetero) is 1. The molecule has 6 heteroatoms. The Kier molecular flexibility index (Phi) is 5.18. The Labute approximate surface area is 189 Å². The third kappa shape index (κ3) is 3.65. The van der Waals surface area contributed by atoms with Crippen molar-refractivity contribution in [2.24, 2.45) is 7.05 Å². The molecule has 1 atom stereocenters. The molecule has 2 N–H and O–H groups in total. The molecule has 2 heterocycles. The highest BCUT2D eigenvalue weighted by molar-refractivity contribution is 6.04. The Morgan fingerprint density at radius 2 is 1.70 bits per heavy atom. The van der Waals surface area contributed by atoms with Crippen LogP contribution in [0.1, 0.15) is 28.6 Å². The Morgan fingerprint density at radius 3 is 2.48 bits per heavy atom. The number of nitrogens with zero attached hydrogens (tertiary/aromatic N) is 1. The first kappa shape index (κ1) is 20.6. The van der Waals surface area contributed by atoms with E-state index in [0.717, 1.165) is 16.5 Å². The number of hydrogen-bond donors (Lipinski definition) is 2. The number of para-hydroxylation sites is 1. The van der Waals surface area contributed by atoms with Crippen LogP contribution in [0.25, 0.3) is 21.7 Å². The minimum atomic E-state index is -0.533. The maximum absolute atomic E-state index is 13.4. The lowest BCUT2D eigenvalue weighted by Crippen LogP contribution is -2.26. The number of rotatable bonds is 6. The number of aryl methyl sites for hydroxylation is 1. The molecule has 6 nitrogen and oxygen atoms in total. The van der Waals surface area contributed by atoms with Crippen LogP contribution in [0, 0.1) is 0 Å². The molecule has 0 radical (unpaired) electrons. The molecule has 5 rings (SSSR count). The van der Waals surface area contributed by atoms with E-state index in [4.69, 9.17) is 4.42 Å². The number of benzene rings is 3. The number of ketones is 1. The van der Waals surface area contributed by atoms with Gasteiger partial charge in [0.2, 0.25) is 0 Å². The van der Waals surface area contributed by atoms with E-state index in [0.29, 0.717) is 16.7 Å². The molecule has 0 bridgehead atoms. The number of hydrogen-bond acceptors (Lipinski definition) is 5. The van der Waals surface area contributed by atoms with Gasteiger partial charge in [0.05, 0.1) is 17.8 Å². The summed E-state index contributed by atoms with van der Waals surface area (Å²) < 4.78 is 7.00. The lowest BCUT2D eigenvalue weighted by atomic mass is 9.99.